The lowest BCUT2D eigenvalue weighted by Crippen LogP contribution is -2.43. The van der Waals surface area contributed by atoms with Gasteiger partial charge in [-0.05, 0) is 43.9 Å². The molecule has 1 saturated heterocycles. The second-order valence-corrected chi connectivity index (χ2v) is 8.14. The highest BCUT2D eigenvalue weighted by atomic mass is 35.5. The fraction of sp³-hybridized carbons (Fsp3) is 0.600. The fourth-order valence-corrected chi connectivity index (χ4v) is 4.27. The van der Waals surface area contributed by atoms with Crippen LogP contribution in [0.25, 0.3) is 0 Å². The molecule has 29 heavy (non-hydrogen) atoms. The molecule has 1 N–H and O–H groups in total. The van der Waals surface area contributed by atoms with Crippen molar-refractivity contribution in [2.24, 2.45) is 11.8 Å². The lowest BCUT2D eigenvalue weighted by molar-refractivity contribution is -0.187. The van der Waals surface area contributed by atoms with Gasteiger partial charge in [0.2, 0.25) is 5.91 Å². The van der Waals surface area contributed by atoms with Gasteiger partial charge in [0.1, 0.15) is 0 Å². The number of nitrogens with zero attached hydrogens (tertiary/aromatic N) is 2. The zero-order valence-corrected chi connectivity index (χ0v) is 16.8. The lowest BCUT2D eigenvalue weighted by Gasteiger charge is -2.33. The van der Waals surface area contributed by atoms with Crippen LogP contribution in [-0.2, 0) is 4.79 Å². The molecular formula is C20H25ClF3N3O2. The van der Waals surface area contributed by atoms with Crippen LogP contribution >= 0.6 is 11.6 Å². The molecule has 0 aromatic heterocycles. The van der Waals surface area contributed by atoms with Crippen molar-refractivity contribution in [1.29, 1.82) is 0 Å². The van der Waals surface area contributed by atoms with E-state index in [1.807, 2.05) is 0 Å². The van der Waals surface area contributed by atoms with Crippen molar-refractivity contribution in [1.82, 2.24) is 9.80 Å². The number of urea groups is 1. The molecule has 0 radical (unpaired) electrons. The summed E-state index contributed by atoms with van der Waals surface area (Å²) in [5.41, 5.74) is 0.583. The average Bonchev–Trinajstić information content (AvgIpc) is 2.93. The number of benzene rings is 1. The van der Waals surface area contributed by atoms with Crippen LogP contribution in [0.1, 0.15) is 32.1 Å². The molecule has 1 aromatic carbocycles. The first-order valence-electron chi connectivity index (χ1n) is 9.91. The summed E-state index contributed by atoms with van der Waals surface area (Å²) >= 11 is 5.93. The molecule has 5 nitrogen and oxygen atoms in total. The molecule has 3 amide bonds. The van der Waals surface area contributed by atoms with Gasteiger partial charge in [-0.15, -0.1) is 0 Å². The smallest absolute Gasteiger partial charge is 0.341 e. The number of amides is 3. The number of halogens is 4. The van der Waals surface area contributed by atoms with Crippen molar-refractivity contribution in [2.45, 2.75) is 38.3 Å². The maximum absolute atomic E-state index is 13.0. The summed E-state index contributed by atoms with van der Waals surface area (Å²) in [4.78, 5) is 28.6. The quantitative estimate of drug-likeness (QED) is 0.733. The molecule has 2 atom stereocenters. The zero-order valence-electron chi connectivity index (χ0n) is 16.1. The average molecular weight is 432 g/mol. The van der Waals surface area contributed by atoms with Crippen molar-refractivity contribution in [2.75, 3.05) is 31.5 Å². The summed E-state index contributed by atoms with van der Waals surface area (Å²) in [5, 5.41) is 3.30. The molecule has 1 aliphatic carbocycles. The van der Waals surface area contributed by atoms with Crippen LogP contribution in [-0.4, -0.2) is 54.1 Å². The molecule has 3 rings (SSSR count). The summed E-state index contributed by atoms with van der Waals surface area (Å²) < 4.78 is 39.1. The van der Waals surface area contributed by atoms with Gasteiger partial charge >= 0.3 is 12.2 Å². The van der Waals surface area contributed by atoms with Gasteiger partial charge in [-0.2, -0.15) is 13.2 Å². The highest BCUT2D eigenvalue weighted by Crippen LogP contribution is 2.40. The number of hydrogen-bond acceptors (Lipinski definition) is 2. The van der Waals surface area contributed by atoms with Crippen LogP contribution in [0.2, 0.25) is 5.02 Å². The van der Waals surface area contributed by atoms with Crippen LogP contribution < -0.4 is 5.32 Å². The maximum Gasteiger partial charge on any atom is 0.391 e. The Hall–Kier alpha value is -1.96. The normalized spacial score (nSPS) is 23.4. The van der Waals surface area contributed by atoms with Gasteiger partial charge in [0.05, 0.1) is 5.92 Å². The number of carbonyl (C=O) groups is 2. The Morgan fingerprint density at radius 1 is 1.03 bits per heavy atom. The standard InChI is InChI=1S/C20H25ClF3N3O2/c21-16-6-2-7-17(13-16)25-19(29)27-9-3-8-26(10-11-27)18(28)14-4-1-5-15(12-14)20(22,23)24/h2,6-7,13-15H,1,3-5,8-12H2,(H,25,29). The van der Waals surface area contributed by atoms with Gasteiger partial charge in [-0.1, -0.05) is 24.1 Å². The van der Waals surface area contributed by atoms with E-state index in [-0.39, 0.29) is 24.8 Å². The molecular weight excluding hydrogens is 407 g/mol. The Labute approximate surface area is 173 Å². The van der Waals surface area contributed by atoms with Gasteiger partial charge in [0, 0.05) is 42.8 Å². The van der Waals surface area contributed by atoms with Crippen LogP contribution in [0, 0.1) is 11.8 Å². The molecule has 1 aromatic rings. The van der Waals surface area contributed by atoms with Crippen molar-refractivity contribution < 1.29 is 22.8 Å². The minimum absolute atomic E-state index is 0.102. The Bertz CT molecular complexity index is 744. The first kappa shape index (κ1) is 21.7. The maximum atomic E-state index is 13.0. The highest BCUT2D eigenvalue weighted by Gasteiger charge is 2.44. The van der Waals surface area contributed by atoms with E-state index in [0.29, 0.717) is 56.2 Å². The molecule has 0 spiro atoms. The van der Waals surface area contributed by atoms with Crippen molar-refractivity contribution >= 4 is 29.2 Å². The molecule has 2 aliphatic rings. The predicted octanol–water partition coefficient (Wildman–Crippen LogP) is 4.77. The summed E-state index contributed by atoms with van der Waals surface area (Å²) in [5.74, 6) is -2.18. The van der Waals surface area contributed by atoms with E-state index in [2.05, 4.69) is 5.32 Å². The number of nitrogens with one attached hydrogen (secondary N) is 1. The number of alkyl halides is 3. The third kappa shape index (κ3) is 5.78. The first-order chi connectivity index (χ1) is 13.7. The van der Waals surface area contributed by atoms with E-state index in [1.165, 1.54) is 0 Å². The van der Waals surface area contributed by atoms with Crippen molar-refractivity contribution in [3.63, 3.8) is 0 Å². The van der Waals surface area contributed by atoms with Gasteiger partial charge in [-0.25, -0.2) is 4.79 Å². The Morgan fingerprint density at radius 2 is 1.76 bits per heavy atom. The monoisotopic (exact) mass is 431 g/mol. The summed E-state index contributed by atoms with van der Waals surface area (Å²) in [6.07, 6.45) is -2.76. The molecule has 1 aliphatic heterocycles. The molecule has 160 valence electrons. The summed E-state index contributed by atoms with van der Waals surface area (Å²) in [6, 6.07) is 6.54. The van der Waals surface area contributed by atoms with E-state index in [0.717, 1.165) is 0 Å². The number of carbonyl (C=O) groups excluding carboxylic acids is 2. The molecule has 0 bridgehead atoms. The number of rotatable bonds is 2. The second kappa shape index (κ2) is 9.24. The third-order valence-corrected chi connectivity index (χ3v) is 5.89. The fourth-order valence-electron chi connectivity index (χ4n) is 4.08. The largest absolute Gasteiger partial charge is 0.391 e. The van der Waals surface area contributed by atoms with E-state index in [9.17, 15) is 22.8 Å². The SMILES string of the molecule is O=C(Nc1cccc(Cl)c1)N1CCCN(C(=O)C2CCCC(C(F)(F)F)C2)CC1. The van der Waals surface area contributed by atoms with Crippen molar-refractivity contribution in [3.8, 4) is 0 Å². The van der Waals surface area contributed by atoms with Gasteiger partial charge in [0.25, 0.3) is 0 Å². The van der Waals surface area contributed by atoms with Crippen molar-refractivity contribution in [3.05, 3.63) is 29.3 Å². The van der Waals surface area contributed by atoms with E-state index in [1.54, 1.807) is 34.1 Å². The molecule has 1 heterocycles. The van der Waals surface area contributed by atoms with Crippen LogP contribution in [0.4, 0.5) is 23.7 Å². The van der Waals surface area contributed by atoms with E-state index in [4.69, 9.17) is 11.6 Å². The molecule has 9 heteroatoms. The summed E-state index contributed by atoms with van der Waals surface area (Å²) in [6.45, 7) is 1.60. The second-order valence-electron chi connectivity index (χ2n) is 7.71. The van der Waals surface area contributed by atoms with Crippen LogP contribution in [0.15, 0.2) is 24.3 Å². The van der Waals surface area contributed by atoms with Gasteiger partial charge < -0.3 is 15.1 Å². The number of hydrogen-bond donors (Lipinski definition) is 1. The minimum Gasteiger partial charge on any atom is -0.341 e. The zero-order chi connectivity index (χ0) is 21.0. The molecule has 2 unspecified atom stereocenters. The van der Waals surface area contributed by atoms with Gasteiger partial charge in [0.15, 0.2) is 0 Å². The van der Waals surface area contributed by atoms with Crippen LogP contribution in [0.3, 0.4) is 0 Å². The third-order valence-electron chi connectivity index (χ3n) is 5.66. The van der Waals surface area contributed by atoms with Gasteiger partial charge in [-0.3, -0.25) is 4.79 Å². The highest BCUT2D eigenvalue weighted by molar-refractivity contribution is 6.30. The summed E-state index contributed by atoms with van der Waals surface area (Å²) in [7, 11) is 0. The van der Waals surface area contributed by atoms with E-state index < -0.39 is 18.0 Å². The molecule has 2 fully saturated rings. The Morgan fingerprint density at radius 3 is 2.48 bits per heavy atom. The number of anilines is 1. The Balaban J connectivity index is 1.55. The first-order valence-corrected chi connectivity index (χ1v) is 10.3. The topological polar surface area (TPSA) is 52.7 Å². The lowest BCUT2D eigenvalue weighted by atomic mass is 9.80. The minimum atomic E-state index is -4.24. The Kier molecular flexibility index (Phi) is 6.93. The molecule has 1 saturated carbocycles. The predicted molar refractivity (Wildman–Crippen MR) is 105 cm³/mol. The van der Waals surface area contributed by atoms with Crippen LogP contribution in [0.5, 0.6) is 0 Å². The van der Waals surface area contributed by atoms with E-state index >= 15 is 0 Å².